The van der Waals surface area contributed by atoms with Crippen LogP contribution in [0.5, 0.6) is 5.75 Å². The number of anilines is 1. The van der Waals surface area contributed by atoms with E-state index in [1.54, 1.807) is 0 Å². The Morgan fingerprint density at radius 2 is 1.82 bits per heavy atom. The van der Waals surface area contributed by atoms with E-state index >= 15 is 0 Å². The topological polar surface area (TPSA) is 92.8 Å². The molecule has 1 fully saturated rings. The fourth-order valence-electron chi connectivity index (χ4n) is 3.32. The number of amides is 1. The quantitative estimate of drug-likeness (QED) is 0.552. The zero-order valence-electron chi connectivity index (χ0n) is 17.2. The first-order chi connectivity index (χ1) is 15.7. The Kier molecular flexibility index (Phi) is 6.81. The monoisotopic (exact) mass is 483 g/mol. The van der Waals surface area contributed by atoms with Crippen molar-refractivity contribution in [2.45, 2.75) is 13.0 Å². The Labute approximate surface area is 190 Å². The first-order valence-corrected chi connectivity index (χ1v) is 10.9. The van der Waals surface area contributed by atoms with Gasteiger partial charge in [-0.3, -0.25) is 14.6 Å². The molecule has 0 aliphatic carbocycles. The lowest BCUT2D eigenvalue weighted by molar-refractivity contribution is -0.274. The lowest BCUT2D eigenvalue weighted by Gasteiger charge is -2.33. The fraction of sp³-hybridized carbons (Fsp3) is 0.350. The van der Waals surface area contributed by atoms with Gasteiger partial charge >= 0.3 is 12.1 Å². The summed E-state index contributed by atoms with van der Waals surface area (Å²) >= 11 is 1.44. The Bertz CT molecular complexity index is 1120. The number of carbonyl (C=O) groups is 1. The van der Waals surface area contributed by atoms with Crippen molar-refractivity contribution in [2.24, 2.45) is 0 Å². The summed E-state index contributed by atoms with van der Waals surface area (Å²) in [5.41, 5.74) is 0.375. The number of nitrogens with one attached hydrogen (secondary N) is 1. The van der Waals surface area contributed by atoms with Crippen molar-refractivity contribution >= 4 is 22.9 Å². The van der Waals surface area contributed by atoms with Gasteiger partial charge in [-0.15, -0.1) is 29.6 Å². The first-order valence-electron chi connectivity index (χ1n) is 9.97. The van der Waals surface area contributed by atoms with Gasteiger partial charge in [0.2, 0.25) is 5.91 Å². The second-order valence-corrected chi connectivity index (χ2v) is 8.25. The largest absolute Gasteiger partial charge is 0.573 e. The molecule has 2 aromatic heterocycles. The second-order valence-electron chi connectivity index (χ2n) is 7.31. The standard InChI is InChI=1S/C20H20F3N5O4S/c21-20(22,23)32-15-5-3-14(4-6-15)24-17(29)12-26-7-9-27(10-8-26)13-28-19(30)31-18(25-28)16-2-1-11-33-16/h1-6,11H,7-10,12-13H2,(H,24,29). The van der Waals surface area contributed by atoms with Gasteiger partial charge in [0, 0.05) is 31.9 Å². The maximum atomic E-state index is 12.3. The molecule has 0 bridgehead atoms. The van der Waals surface area contributed by atoms with Gasteiger partial charge in [-0.25, -0.2) is 4.79 Å². The molecule has 13 heteroatoms. The van der Waals surface area contributed by atoms with E-state index < -0.39 is 12.1 Å². The summed E-state index contributed by atoms with van der Waals surface area (Å²) in [4.78, 5) is 29.1. The lowest BCUT2D eigenvalue weighted by atomic mass is 10.3. The molecule has 4 rings (SSSR count). The fourth-order valence-corrected chi connectivity index (χ4v) is 3.96. The first kappa shape index (κ1) is 23.0. The van der Waals surface area contributed by atoms with Crippen molar-refractivity contribution < 1.29 is 27.1 Å². The molecule has 176 valence electrons. The Balaban J connectivity index is 1.22. The molecule has 0 radical (unpaired) electrons. The predicted octanol–water partition coefficient (Wildman–Crippen LogP) is 2.68. The minimum atomic E-state index is -4.76. The van der Waals surface area contributed by atoms with Crippen LogP contribution in [0.3, 0.4) is 0 Å². The van der Waals surface area contributed by atoms with E-state index in [9.17, 15) is 22.8 Å². The summed E-state index contributed by atoms with van der Waals surface area (Å²) < 4.78 is 47.0. The highest BCUT2D eigenvalue weighted by atomic mass is 32.1. The van der Waals surface area contributed by atoms with E-state index in [-0.39, 0.29) is 18.2 Å². The Morgan fingerprint density at radius 3 is 2.45 bits per heavy atom. The number of piperazine rings is 1. The molecule has 3 heterocycles. The van der Waals surface area contributed by atoms with Crippen LogP contribution >= 0.6 is 11.3 Å². The average molecular weight is 483 g/mol. The smallest absolute Gasteiger partial charge is 0.406 e. The van der Waals surface area contributed by atoms with E-state index in [2.05, 4.69) is 15.2 Å². The van der Waals surface area contributed by atoms with E-state index in [0.29, 0.717) is 44.4 Å². The number of aromatic nitrogens is 2. The van der Waals surface area contributed by atoms with Crippen LogP contribution in [0.4, 0.5) is 18.9 Å². The minimum Gasteiger partial charge on any atom is -0.406 e. The summed E-state index contributed by atoms with van der Waals surface area (Å²) in [6.07, 6.45) is -4.76. The number of nitrogens with zero attached hydrogens (tertiary/aromatic N) is 4. The van der Waals surface area contributed by atoms with Gasteiger partial charge in [0.15, 0.2) is 0 Å². The van der Waals surface area contributed by atoms with Crippen molar-refractivity contribution in [1.82, 2.24) is 19.6 Å². The number of carbonyl (C=O) groups excluding carboxylic acids is 1. The van der Waals surface area contributed by atoms with Crippen LogP contribution in [0, 0.1) is 0 Å². The number of halogens is 3. The highest BCUT2D eigenvalue weighted by molar-refractivity contribution is 7.13. The lowest BCUT2D eigenvalue weighted by Crippen LogP contribution is -2.49. The number of thiophene rings is 1. The third-order valence-corrected chi connectivity index (χ3v) is 5.73. The summed E-state index contributed by atoms with van der Waals surface area (Å²) in [5.74, 6) is -0.859. The molecule has 3 aromatic rings. The van der Waals surface area contributed by atoms with Gasteiger partial charge in [-0.2, -0.15) is 4.68 Å². The third kappa shape index (κ3) is 6.43. The highest BCUT2D eigenvalue weighted by Gasteiger charge is 2.31. The van der Waals surface area contributed by atoms with Gasteiger partial charge in [0.05, 0.1) is 11.4 Å². The second kappa shape index (κ2) is 9.77. The van der Waals surface area contributed by atoms with Gasteiger partial charge in [0.25, 0.3) is 5.89 Å². The third-order valence-electron chi connectivity index (χ3n) is 4.88. The molecule has 1 saturated heterocycles. The van der Waals surface area contributed by atoms with Crippen molar-refractivity contribution in [3.63, 3.8) is 0 Å². The van der Waals surface area contributed by atoms with Crippen LogP contribution in [0.15, 0.2) is 51.0 Å². The number of benzene rings is 1. The summed E-state index contributed by atoms with van der Waals surface area (Å²) in [7, 11) is 0. The van der Waals surface area contributed by atoms with E-state index in [1.807, 2.05) is 27.3 Å². The van der Waals surface area contributed by atoms with E-state index in [4.69, 9.17) is 4.42 Å². The number of ether oxygens (including phenoxy) is 1. The molecule has 1 N–H and O–H groups in total. The number of hydrogen-bond donors (Lipinski definition) is 1. The normalized spacial score (nSPS) is 15.5. The SMILES string of the molecule is O=C(CN1CCN(Cn2nc(-c3cccs3)oc2=O)CC1)Nc1ccc(OC(F)(F)F)cc1. The summed E-state index contributed by atoms with van der Waals surface area (Å²) in [6.45, 7) is 2.91. The molecule has 0 saturated carbocycles. The molecule has 1 amide bonds. The summed E-state index contributed by atoms with van der Waals surface area (Å²) in [5, 5.41) is 8.78. The Hall–Kier alpha value is -3.16. The van der Waals surface area contributed by atoms with E-state index in [1.165, 1.54) is 28.2 Å². The number of hydrogen-bond acceptors (Lipinski definition) is 8. The van der Waals surface area contributed by atoms with Crippen molar-refractivity contribution in [2.75, 3.05) is 38.0 Å². The molecule has 0 unspecified atom stereocenters. The van der Waals surface area contributed by atoms with Crippen LogP contribution in [0.1, 0.15) is 0 Å². The van der Waals surface area contributed by atoms with Crippen molar-refractivity contribution in [1.29, 1.82) is 0 Å². The molecule has 0 spiro atoms. The molecular weight excluding hydrogens is 463 g/mol. The van der Waals surface area contributed by atoms with Crippen LogP contribution in [0.25, 0.3) is 10.8 Å². The van der Waals surface area contributed by atoms with Crippen LogP contribution < -0.4 is 15.8 Å². The molecule has 1 aromatic carbocycles. The highest BCUT2D eigenvalue weighted by Crippen LogP contribution is 2.24. The molecule has 1 aliphatic rings. The average Bonchev–Trinajstić information content (AvgIpc) is 3.40. The molecular formula is C20H20F3N5O4S. The maximum Gasteiger partial charge on any atom is 0.573 e. The number of alkyl halides is 3. The molecule has 0 atom stereocenters. The zero-order chi connectivity index (χ0) is 23.4. The van der Waals surface area contributed by atoms with Gasteiger partial charge in [-0.1, -0.05) is 6.07 Å². The predicted molar refractivity (Wildman–Crippen MR) is 114 cm³/mol. The van der Waals surface area contributed by atoms with Crippen LogP contribution in [0.2, 0.25) is 0 Å². The maximum absolute atomic E-state index is 12.3. The number of rotatable bonds is 7. The Morgan fingerprint density at radius 1 is 1.12 bits per heavy atom. The van der Waals surface area contributed by atoms with Crippen LogP contribution in [-0.4, -0.2) is 64.6 Å². The molecule has 33 heavy (non-hydrogen) atoms. The molecule has 1 aliphatic heterocycles. The van der Waals surface area contributed by atoms with Gasteiger partial charge < -0.3 is 14.5 Å². The zero-order valence-corrected chi connectivity index (χ0v) is 18.1. The van der Waals surface area contributed by atoms with Crippen molar-refractivity contribution in [3.8, 4) is 16.5 Å². The molecule has 9 nitrogen and oxygen atoms in total. The minimum absolute atomic E-state index is 0.140. The van der Waals surface area contributed by atoms with E-state index in [0.717, 1.165) is 17.0 Å². The van der Waals surface area contributed by atoms with Crippen LogP contribution in [-0.2, 0) is 11.5 Å². The van der Waals surface area contributed by atoms with Gasteiger partial charge in [-0.05, 0) is 35.7 Å². The summed E-state index contributed by atoms with van der Waals surface area (Å²) in [6, 6.07) is 8.64. The van der Waals surface area contributed by atoms with Gasteiger partial charge in [0.1, 0.15) is 12.4 Å². The van der Waals surface area contributed by atoms with Crippen molar-refractivity contribution in [3.05, 3.63) is 52.3 Å².